The van der Waals surface area contributed by atoms with Crippen LogP contribution in [0.5, 0.6) is 0 Å². The van der Waals surface area contributed by atoms with E-state index in [9.17, 15) is 4.79 Å². The zero-order chi connectivity index (χ0) is 12.4. The van der Waals surface area contributed by atoms with Crippen LogP contribution in [0.15, 0.2) is 18.2 Å². The summed E-state index contributed by atoms with van der Waals surface area (Å²) < 4.78 is 0. The van der Waals surface area contributed by atoms with E-state index >= 15 is 0 Å². The molecule has 2 unspecified atom stereocenters. The first-order valence-corrected chi connectivity index (χ1v) is 6.67. The Morgan fingerprint density at radius 1 is 1.29 bits per heavy atom. The quantitative estimate of drug-likeness (QED) is 0.823. The minimum atomic E-state index is -0.213. The molecule has 1 aromatic rings. The third kappa shape index (κ3) is 3.06. The fraction of sp³-hybridized carbons (Fsp3) is 0.417. The van der Waals surface area contributed by atoms with E-state index in [0.717, 1.165) is 19.3 Å². The summed E-state index contributed by atoms with van der Waals surface area (Å²) in [5.74, 6) is -0.213. The van der Waals surface area contributed by atoms with Crippen molar-refractivity contribution >= 4 is 40.7 Å². The molecule has 2 nitrogen and oxygen atoms in total. The lowest BCUT2D eigenvalue weighted by Gasteiger charge is -2.16. The molecular formula is C12H12Cl3NO. The highest BCUT2D eigenvalue weighted by atomic mass is 35.5. The average Bonchev–Trinajstić information content (AvgIpc) is 2.68. The van der Waals surface area contributed by atoms with Gasteiger partial charge in [0, 0.05) is 11.1 Å². The van der Waals surface area contributed by atoms with Crippen molar-refractivity contribution < 1.29 is 4.79 Å². The molecule has 5 heteroatoms. The van der Waals surface area contributed by atoms with Gasteiger partial charge in [-0.1, -0.05) is 23.2 Å². The van der Waals surface area contributed by atoms with E-state index in [1.165, 1.54) is 0 Å². The zero-order valence-electron chi connectivity index (χ0n) is 9.05. The molecule has 1 aliphatic carbocycles. The van der Waals surface area contributed by atoms with Crippen molar-refractivity contribution in [3.63, 3.8) is 0 Å². The van der Waals surface area contributed by atoms with E-state index in [1.807, 2.05) is 0 Å². The number of benzene rings is 1. The number of amides is 1. The Morgan fingerprint density at radius 2 is 2.06 bits per heavy atom. The highest BCUT2D eigenvalue weighted by Crippen LogP contribution is 2.25. The SMILES string of the molecule is O=C(NC1CCCC1Cl)c1cc(Cl)ccc1Cl. The van der Waals surface area contributed by atoms with Crippen molar-refractivity contribution in [1.29, 1.82) is 0 Å². The molecular weight excluding hydrogens is 280 g/mol. The summed E-state index contributed by atoms with van der Waals surface area (Å²) in [4.78, 5) is 12.0. The molecule has 0 spiro atoms. The van der Waals surface area contributed by atoms with Crippen LogP contribution in [0.2, 0.25) is 10.0 Å². The average molecular weight is 293 g/mol. The fourth-order valence-corrected chi connectivity index (χ4v) is 2.71. The van der Waals surface area contributed by atoms with E-state index in [4.69, 9.17) is 34.8 Å². The van der Waals surface area contributed by atoms with Gasteiger partial charge in [-0.25, -0.2) is 0 Å². The van der Waals surface area contributed by atoms with Crippen LogP contribution in [0, 0.1) is 0 Å². The van der Waals surface area contributed by atoms with Crippen molar-refractivity contribution in [2.24, 2.45) is 0 Å². The van der Waals surface area contributed by atoms with Gasteiger partial charge in [-0.2, -0.15) is 0 Å². The maximum absolute atomic E-state index is 12.0. The molecule has 1 saturated carbocycles. The fourth-order valence-electron chi connectivity index (χ4n) is 2.00. The van der Waals surface area contributed by atoms with Crippen LogP contribution in [-0.4, -0.2) is 17.3 Å². The molecule has 2 rings (SSSR count). The number of nitrogens with one attached hydrogen (secondary N) is 1. The standard InChI is InChI=1S/C12H12Cl3NO/c13-7-4-5-9(14)8(6-7)12(17)16-11-3-1-2-10(11)15/h4-6,10-11H,1-3H2,(H,16,17). The molecule has 1 fully saturated rings. The normalized spacial score (nSPS) is 23.7. The van der Waals surface area contributed by atoms with Crippen molar-refractivity contribution in [1.82, 2.24) is 5.32 Å². The second kappa shape index (κ2) is 5.47. The first-order valence-electron chi connectivity index (χ1n) is 5.48. The molecule has 1 aliphatic rings. The van der Waals surface area contributed by atoms with Gasteiger partial charge in [-0.3, -0.25) is 4.79 Å². The van der Waals surface area contributed by atoms with Gasteiger partial charge in [0.25, 0.3) is 5.91 Å². The number of hydrogen-bond acceptors (Lipinski definition) is 1. The lowest BCUT2D eigenvalue weighted by Crippen LogP contribution is -2.37. The van der Waals surface area contributed by atoms with Gasteiger partial charge in [-0.15, -0.1) is 11.6 Å². The predicted octanol–water partition coefficient (Wildman–Crippen LogP) is 3.88. The number of rotatable bonds is 2. The number of alkyl halides is 1. The van der Waals surface area contributed by atoms with E-state index in [2.05, 4.69) is 5.32 Å². The molecule has 2 atom stereocenters. The second-order valence-electron chi connectivity index (χ2n) is 4.15. The summed E-state index contributed by atoms with van der Waals surface area (Å²) in [6.45, 7) is 0. The Bertz CT molecular complexity index is 436. The minimum Gasteiger partial charge on any atom is -0.348 e. The zero-order valence-corrected chi connectivity index (χ0v) is 11.3. The highest BCUT2D eigenvalue weighted by molar-refractivity contribution is 6.35. The molecule has 0 aliphatic heterocycles. The summed E-state index contributed by atoms with van der Waals surface area (Å²) in [7, 11) is 0. The summed E-state index contributed by atoms with van der Waals surface area (Å²) >= 11 is 17.9. The van der Waals surface area contributed by atoms with E-state index in [1.54, 1.807) is 18.2 Å². The topological polar surface area (TPSA) is 29.1 Å². The van der Waals surface area contributed by atoms with Gasteiger partial charge in [0.15, 0.2) is 0 Å². The van der Waals surface area contributed by atoms with Crippen molar-refractivity contribution in [3.05, 3.63) is 33.8 Å². The van der Waals surface area contributed by atoms with Crippen molar-refractivity contribution in [3.8, 4) is 0 Å². The third-order valence-electron chi connectivity index (χ3n) is 2.92. The van der Waals surface area contributed by atoms with E-state index in [-0.39, 0.29) is 17.3 Å². The lowest BCUT2D eigenvalue weighted by molar-refractivity contribution is 0.0938. The summed E-state index contributed by atoms with van der Waals surface area (Å²) in [6, 6.07) is 4.86. The van der Waals surface area contributed by atoms with Gasteiger partial charge in [-0.05, 0) is 37.5 Å². The van der Waals surface area contributed by atoms with Gasteiger partial charge in [0.2, 0.25) is 0 Å². The highest BCUT2D eigenvalue weighted by Gasteiger charge is 2.27. The van der Waals surface area contributed by atoms with Gasteiger partial charge < -0.3 is 5.32 Å². The summed E-state index contributed by atoms with van der Waals surface area (Å²) in [6.07, 6.45) is 2.90. The van der Waals surface area contributed by atoms with E-state index in [0.29, 0.717) is 15.6 Å². The van der Waals surface area contributed by atoms with Crippen LogP contribution in [-0.2, 0) is 0 Å². The largest absolute Gasteiger partial charge is 0.348 e. The Balaban J connectivity index is 2.11. The Hall–Kier alpha value is -0.440. The Labute approximate surface area is 115 Å². The van der Waals surface area contributed by atoms with E-state index < -0.39 is 0 Å². The lowest BCUT2D eigenvalue weighted by atomic mass is 10.2. The van der Waals surface area contributed by atoms with Gasteiger partial charge in [0.1, 0.15) is 0 Å². The summed E-state index contributed by atoms with van der Waals surface area (Å²) in [5.41, 5.74) is 0.398. The maximum Gasteiger partial charge on any atom is 0.253 e. The van der Waals surface area contributed by atoms with Gasteiger partial charge in [0.05, 0.1) is 16.0 Å². The number of carbonyl (C=O) groups excluding carboxylic acids is 1. The molecule has 17 heavy (non-hydrogen) atoms. The molecule has 0 saturated heterocycles. The third-order valence-corrected chi connectivity index (χ3v) is 4.01. The maximum atomic E-state index is 12.0. The number of halogens is 3. The second-order valence-corrected chi connectivity index (χ2v) is 5.56. The van der Waals surface area contributed by atoms with Crippen molar-refractivity contribution in [2.45, 2.75) is 30.7 Å². The Morgan fingerprint density at radius 3 is 2.71 bits per heavy atom. The van der Waals surface area contributed by atoms with Crippen molar-refractivity contribution in [2.75, 3.05) is 0 Å². The molecule has 92 valence electrons. The van der Waals surface area contributed by atoms with Gasteiger partial charge >= 0.3 is 0 Å². The monoisotopic (exact) mass is 291 g/mol. The van der Waals surface area contributed by atoms with Crippen LogP contribution < -0.4 is 5.32 Å². The number of carbonyl (C=O) groups is 1. The molecule has 1 aromatic carbocycles. The molecule has 0 radical (unpaired) electrons. The molecule has 1 amide bonds. The first-order chi connectivity index (χ1) is 8.08. The molecule has 0 heterocycles. The van der Waals surface area contributed by atoms with Crippen LogP contribution in [0.4, 0.5) is 0 Å². The molecule has 1 N–H and O–H groups in total. The molecule has 0 bridgehead atoms. The molecule has 0 aromatic heterocycles. The minimum absolute atomic E-state index is 0.0110. The predicted molar refractivity (Wildman–Crippen MR) is 71.2 cm³/mol. The smallest absolute Gasteiger partial charge is 0.253 e. The van der Waals surface area contributed by atoms with Crippen LogP contribution >= 0.6 is 34.8 Å². The first kappa shape index (κ1) is 13.0. The number of hydrogen-bond donors (Lipinski definition) is 1. The Kier molecular flexibility index (Phi) is 4.18. The summed E-state index contributed by atoms with van der Waals surface area (Å²) in [5, 5.41) is 3.80. The van der Waals surface area contributed by atoms with Crippen LogP contribution in [0.3, 0.4) is 0 Å². The van der Waals surface area contributed by atoms with Crippen LogP contribution in [0.1, 0.15) is 29.6 Å². The van der Waals surface area contributed by atoms with Crippen LogP contribution in [0.25, 0.3) is 0 Å².